The molecule has 1 aromatic heterocycles. The lowest BCUT2D eigenvalue weighted by atomic mass is 9.95. The summed E-state index contributed by atoms with van der Waals surface area (Å²) >= 11 is 1.15. The molecule has 2 fully saturated rings. The number of morpholine rings is 1. The highest BCUT2D eigenvalue weighted by molar-refractivity contribution is 7.91. The molecule has 2 N–H and O–H groups in total. The molecule has 2 aliphatic rings. The van der Waals surface area contributed by atoms with Crippen LogP contribution >= 0.6 is 11.3 Å². The lowest BCUT2D eigenvalue weighted by Crippen LogP contribution is -2.60. The fourth-order valence-electron chi connectivity index (χ4n) is 4.59. The second kappa shape index (κ2) is 10.6. The number of nitrogens with zero attached hydrogens (tertiary/aromatic N) is 3. The van der Waals surface area contributed by atoms with Crippen molar-refractivity contribution in [1.82, 2.24) is 9.21 Å². The zero-order chi connectivity index (χ0) is 26.1. The van der Waals surface area contributed by atoms with E-state index in [0.717, 1.165) is 11.3 Å². The molecular formula is C23H30F3N3O5S2. The molecule has 3 atom stereocenters. The van der Waals surface area contributed by atoms with Gasteiger partial charge in [0.2, 0.25) is 0 Å². The molecule has 4 rings (SSSR count). The Bertz CT molecular complexity index is 1110. The Hall–Kier alpha value is -1.74. The molecule has 0 bridgehead atoms. The van der Waals surface area contributed by atoms with Crippen LogP contribution in [0.1, 0.15) is 12.5 Å². The number of anilines is 1. The van der Waals surface area contributed by atoms with E-state index in [0.29, 0.717) is 45.5 Å². The minimum absolute atomic E-state index is 0.106. The van der Waals surface area contributed by atoms with Crippen molar-refractivity contribution in [2.24, 2.45) is 0 Å². The quantitative estimate of drug-likeness (QED) is 0.547. The Labute approximate surface area is 212 Å². The van der Waals surface area contributed by atoms with Gasteiger partial charge in [0.25, 0.3) is 10.0 Å². The van der Waals surface area contributed by atoms with E-state index in [9.17, 15) is 31.8 Å². The molecule has 200 valence electrons. The van der Waals surface area contributed by atoms with E-state index >= 15 is 0 Å². The first kappa shape index (κ1) is 27.3. The molecule has 2 saturated heterocycles. The summed E-state index contributed by atoms with van der Waals surface area (Å²) in [5, 5.41) is 21.5. The van der Waals surface area contributed by atoms with Crippen LogP contribution in [0.4, 0.5) is 18.9 Å². The molecule has 0 aliphatic carbocycles. The van der Waals surface area contributed by atoms with Crippen molar-refractivity contribution in [1.29, 1.82) is 0 Å². The van der Waals surface area contributed by atoms with E-state index < -0.39 is 21.8 Å². The summed E-state index contributed by atoms with van der Waals surface area (Å²) in [4.78, 5) is 4.04. The van der Waals surface area contributed by atoms with Crippen molar-refractivity contribution < 1.29 is 36.5 Å². The first-order valence-corrected chi connectivity index (χ1v) is 13.9. The average Bonchev–Trinajstić information content (AvgIpc) is 3.40. The Kier molecular flexibility index (Phi) is 8.01. The number of thiophene rings is 1. The molecule has 2 aliphatic heterocycles. The highest BCUT2D eigenvalue weighted by Crippen LogP contribution is 2.39. The number of hydrogen-bond acceptors (Lipinski definition) is 8. The summed E-state index contributed by atoms with van der Waals surface area (Å²) in [6.07, 6.45) is -4.82. The number of rotatable bonds is 7. The predicted octanol–water partition coefficient (Wildman–Crippen LogP) is 2.09. The van der Waals surface area contributed by atoms with Gasteiger partial charge in [-0.05, 0) is 36.1 Å². The third-order valence-electron chi connectivity index (χ3n) is 6.85. The molecule has 8 nitrogen and oxygen atoms in total. The number of ether oxygens (including phenoxy) is 1. The molecule has 0 unspecified atom stereocenters. The topological polar surface area (TPSA) is 93.6 Å². The van der Waals surface area contributed by atoms with E-state index in [-0.39, 0.29) is 41.6 Å². The van der Waals surface area contributed by atoms with E-state index in [4.69, 9.17) is 4.74 Å². The summed E-state index contributed by atoms with van der Waals surface area (Å²) in [5.74, 6) is 0. The van der Waals surface area contributed by atoms with Crippen LogP contribution < -0.4 is 4.90 Å². The number of aliphatic hydroxyl groups excluding tert-OH is 1. The summed E-state index contributed by atoms with van der Waals surface area (Å²) in [6, 6.07) is 8.24. The van der Waals surface area contributed by atoms with Gasteiger partial charge in [0.15, 0.2) is 5.60 Å². The number of alkyl halides is 3. The highest BCUT2D eigenvalue weighted by Gasteiger charge is 2.51. The highest BCUT2D eigenvalue weighted by atomic mass is 32.2. The third kappa shape index (κ3) is 5.42. The van der Waals surface area contributed by atoms with E-state index in [1.54, 1.807) is 17.5 Å². The molecule has 13 heteroatoms. The first-order valence-electron chi connectivity index (χ1n) is 11.6. The number of benzene rings is 1. The van der Waals surface area contributed by atoms with Crippen LogP contribution in [0.25, 0.3) is 0 Å². The van der Waals surface area contributed by atoms with Crippen LogP contribution in [0.5, 0.6) is 0 Å². The molecule has 1 aromatic carbocycles. The van der Waals surface area contributed by atoms with Crippen LogP contribution in [0, 0.1) is 0 Å². The second-order valence-corrected chi connectivity index (χ2v) is 12.3. The van der Waals surface area contributed by atoms with Gasteiger partial charge in [0, 0.05) is 38.4 Å². The number of halogens is 3. The van der Waals surface area contributed by atoms with Gasteiger partial charge in [-0.15, -0.1) is 11.3 Å². The van der Waals surface area contributed by atoms with Crippen LogP contribution in [-0.4, -0.2) is 98.6 Å². The maximum atomic E-state index is 13.3. The minimum Gasteiger partial charge on any atom is -0.395 e. The van der Waals surface area contributed by atoms with E-state index in [1.165, 1.54) is 28.6 Å². The Morgan fingerprint density at radius 3 is 2.44 bits per heavy atom. The van der Waals surface area contributed by atoms with Gasteiger partial charge in [-0.3, -0.25) is 4.90 Å². The molecule has 2 aromatic rings. The lowest BCUT2D eigenvalue weighted by molar-refractivity contribution is -0.258. The van der Waals surface area contributed by atoms with Crippen molar-refractivity contribution in [2.75, 3.05) is 57.4 Å². The molecule has 0 radical (unpaired) electrons. The van der Waals surface area contributed by atoms with Crippen LogP contribution in [0.3, 0.4) is 0 Å². The normalized spacial score (nSPS) is 24.6. The van der Waals surface area contributed by atoms with Gasteiger partial charge in [-0.25, -0.2) is 8.42 Å². The molecule has 3 heterocycles. The van der Waals surface area contributed by atoms with Crippen LogP contribution in [-0.2, 0) is 20.4 Å². The SMILES string of the molecule is C[C@@](O)(c1ccc(N2CCN(S(=O)(=O)c3cccs3)C[C@@H]2CN2CCOC[C@H]2CO)cc1)C(F)(F)F. The van der Waals surface area contributed by atoms with Gasteiger partial charge in [0.1, 0.15) is 4.21 Å². The monoisotopic (exact) mass is 549 g/mol. The maximum Gasteiger partial charge on any atom is 0.421 e. The summed E-state index contributed by atoms with van der Waals surface area (Å²) in [7, 11) is -3.69. The smallest absolute Gasteiger partial charge is 0.395 e. The number of sulfonamides is 1. The van der Waals surface area contributed by atoms with Crippen molar-refractivity contribution in [2.45, 2.75) is 35.0 Å². The number of aliphatic hydroxyl groups is 2. The van der Waals surface area contributed by atoms with Crippen molar-refractivity contribution in [3.63, 3.8) is 0 Å². The molecule has 0 amide bonds. The number of hydrogen-bond donors (Lipinski definition) is 2. The molecule has 0 spiro atoms. The zero-order valence-electron chi connectivity index (χ0n) is 19.8. The zero-order valence-corrected chi connectivity index (χ0v) is 21.4. The average molecular weight is 550 g/mol. The van der Waals surface area contributed by atoms with Crippen LogP contribution in [0.15, 0.2) is 46.0 Å². The Balaban J connectivity index is 1.61. The fraction of sp³-hybridized carbons (Fsp3) is 0.565. The van der Waals surface area contributed by atoms with Crippen molar-refractivity contribution in [3.8, 4) is 0 Å². The molecular weight excluding hydrogens is 519 g/mol. The standard InChI is InChI=1S/C23H30F3N3O5S2/c1-22(31,23(24,25)26)17-4-6-18(7-5-17)29-9-8-28(36(32,33)21-3-2-12-35-21)14-19(29)13-27-10-11-34-16-20(27)15-30/h2-7,12,19-20,30-31H,8-11,13-16H2,1H3/t19-,20+,22+/m0/s1. The summed E-state index contributed by atoms with van der Waals surface area (Å²) < 4.78 is 73.4. The maximum absolute atomic E-state index is 13.3. The van der Waals surface area contributed by atoms with Gasteiger partial charge in [0.05, 0.1) is 31.9 Å². The second-order valence-electron chi connectivity index (χ2n) is 9.17. The Morgan fingerprint density at radius 1 is 1.11 bits per heavy atom. The van der Waals surface area contributed by atoms with Gasteiger partial charge < -0.3 is 19.8 Å². The molecule has 0 saturated carbocycles. The summed E-state index contributed by atoms with van der Waals surface area (Å²) in [6.45, 7) is 3.19. The lowest BCUT2D eigenvalue weighted by Gasteiger charge is -2.45. The van der Waals surface area contributed by atoms with E-state index in [1.807, 2.05) is 4.90 Å². The Morgan fingerprint density at radius 2 is 1.83 bits per heavy atom. The van der Waals surface area contributed by atoms with Gasteiger partial charge in [-0.2, -0.15) is 17.5 Å². The van der Waals surface area contributed by atoms with Crippen molar-refractivity contribution in [3.05, 3.63) is 47.3 Å². The first-order chi connectivity index (χ1) is 16.9. The summed E-state index contributed by atoms with van der Waals surface area (Å²) in [5.41, 5.74) is -2.63. The van der Waals surface area contributed by atoms with Crippen LogP contribution in [0.2, 0.25) is 0 Å². The predicted molar refractivity (Wildman–Crippen MR) is 130 cm³/mol. The van der Waals surface area contributed by atoms with Gasteiger partial charge >= 0.3 is 6.18 Å². The van der Waals surface area contributed by atoms with Crippen molar-refractivity contribution >= 4 is 27.0 Å². The van der Waals surface area contributed by atoms with Gasteiger partial charge in [-0.1, -0.05) is 18.2 Å². The third-order valence-corrected chi connectivity index (χ3v) is 10.1. The fourth-order valence-corrected chi connectivity index (χ4v) is 7.20. The largest absolute Gasteiger partial charge is 0.421 e. The number of piperazine rings is 1. The molecule has 36 heavy (non-hydrogen) atoms. The minimum atomic E-state index is -4.82. The van der Waals surface area contributed by atoms with E-state index in [2.05, 4.69) is 4.90 Å².